The number of ether oxygens (including phenoxy) is 1. The predicted molar refractivity (Wildman–Crippen MR) is 83.5 cm³/mol. The molecule has 0 aromatic heterocycles. The fourth-order valence-corrected chi connectivity index (χ4v) is 3.07. The molecule has 2 nitrogen and oxygen atoms in total. The first-order chi connectivity index (χ1) is 9.66. The number of aliphatic hydroxyl groups excluding tert-OH is 1. The first kappa shape index (κ1) is 13.9. The van der Waals surface area contributed by atoms with Gasteiger partial charge in [-0.05, 0) is 58.1 Å². The van der Waals surface area contributed by atoms with E-state index in [4.69, 9.17) is 16.3 Å². The second-order valence-corrected chi connectivity index (χ2v) is 6.10. The van der Waals surface area contributed by atoms with Crippen molar-refractivity contribution in [3.63, 3.8) is 0 Å². The fraction of sp³-hybridized carbons (Fsp3) is 0.250. The van der Waals surface area contributed by atoms with Gasteiger partial charge in [0.2, 0.25) is 0 Å². The first-order valence-corrected chi connectivity index (χ1v) is 7.71. The van der Waals surface area contributed by atoms with Gasteiger partial charge in [-0.2, -0.15) is 0 Å². The third-order valence-electron chi connectivity index (χ3n) is 3.52. The Bertz CT molecular complexity index is 642. The molecule has 0 bridgehead atoms. The third-order valence-corrected chi connectivity index (χ3v) is 4.84. The maximum absolute atomic E-state index is 10.6. The van der Waals surface area contributed by atoms with Crippen molar-refractivity contribution in [2.24, 2.45) is 0 Å². The van der Waals surface area contributed by atoms with E-state index in [-0.39, 0.29) is 0 Å². The highest BCUT2D eigenvalue weighted by molar-refractivity contribution is 9.10. The second-order valence-electron chi connectivity index (χ2n) is 4.86. The normalized spacial score (nSPS) is 15.3. The van der Waals surface area contributed by atoms with Gasteiger partial charge in [0, 0.05) is 10.0 Å². The second kappa shape index (κ2) is 5.76. The van der Waals surface area contributed by atoms with Gasteiger partial charge in [-0.1, -0.05) is 29.8 Å². The number of rotatable bonds is 2. The lowest BCUT2D eigenvalue weighted by Gasteiger charge is -2.20. The summed E-state index contributed by atoms with van der Waals surface area (Å²) in [7, 11) is 0. The molecule has 20 heavy (non-hydrogen) atoms. The molecule has 0 spiro atoms. The van der Waals surface area contributed by atoms with Crippen molar-refractivity contribution >= 4 is 27.5 Å². The van der Waals surface area contributed by atoms with E-state index >= 15 is 0 Å². The van der Waals surface area contributed by atoms with E-state index in [0.29, 0.717) is 10.6 Å². The number of aliphatic hydroxyl groups is 1. The Morgan fingerprint density at radius 1 is 1.25 bits per heavy atom. The van der Waals surface area contributed by atoms with Crippen LogP contribution in [0.25, 0.3) is 0 Å². The summed E-state index contributed by atoms with van der Waals surface area (Å²) in [5, 5.41) is 11.1. The predicted octanol–water partition coefficient (Wildman–Crippen LogP) is 4.51. The van der Waals surface area contributed by atoms with Crippen LogP contribution in [-0.2, 0) is 6.42 Å². The Hall–Kier alpha value is -1.03. The molecule has 2 aromatic carbocycles. The lowest BCUT2D eigenvalue weighted by molar-refractivity contribution is 0.219. The molecule has 1 aliphatic heterocycles. The van der Waals surface area contributed by atoms with Crippen LogP contribution >= 0.6 is 27.5 Å². The summed E-state index contributed by atoms with van der Waals surface area (Å²) in [6, 6.07) is 11.4. The first-order valence-electron chi connectivity index (χ1n) is 6.54. The van der Waals surface area contributed by atoms with E-state index in [2.05, 4.69) is 15.9 Å². The van der Waals surface area contributed by atoms with Crippen LogP contribution < -0.4 is 4.74 Å². The minimum atomic E-state index is -0.729. The van der Waals surface area contributed by atoms with E-state index < -0.39 is 6.10 Å². The van der Waals surface area contributed by atoms with Crippen molar-refractivity contribution in [1.29, 1.82) is 0 Å². The van der Waals surface area contributed by atoms with Crippen LogP contribution in [0.15, 0.2) is 40.9 Å². The van der Waals surface area contributed by atoms with Crippen LogP contribution in [0.4, 0.5) is 0 Å². The topological polar surface area (TPSA) is 29.5 Å². The van der Waals surface area contributed by atoms with Crippen molar-refractivity contribution in [2.75, 3.05) is 6.61 Å². The van der Waals surface area contributed by atoms with Crippen molar-refractivity contribution in [3.8, 4) is 5.75 Å². The average molecular weight is 354 g/mol. The molecular formula is C16H14BrClO2. The molecule has 0 saturated carbocycles. The molecule has 0 amide bonds. The lowest BCUT2D eigenvalue weighted by Crippen LogP contribution is -2.09. The average Bonchev–Trinajstić information content (AvgIpc) is 2.49. The molecule has 1 atom stereocenters. The molecule has 3 rings (SSSR count). The highest BCUT2D eigenvalue weighted by Gasteiger charge is 2.18. The Kier molecular flexibility index (Phi) is 4.01. The van der Waals surface area contributed by atoms with E-state index in [9.17, 15) is 5.11 Å². The maximum Gasteiger partial charge on any atom is 0.122 e. The van der Waals surface area contributed by atoms with Crippen molar-refractivity contribution in [3.05, 3.63) is 62.6 Å². The number of hydrogen-bond acceptors (Lipinski definition) is 2. The van der Waals surface area contributed by atoms with Crippen LogP contribution in [0.1, 0.15) is 29.2 Å². The Morgan fingerprint density at radius 3 is 2.95 bits per heavy atom. The number of fused-ring (bicyclic) bond motifs is 1. The highest BCUT2D eigenvalue weighted by atomic mass is 79.9. The number of halogens is 2. The standard InChI is InChI=1S/C16H14BrClO2/c17-13-5-1-4-12(15(13)18)16(19)11-6-7-14-10(9-11)3-2-8-20-14/h1,4-7,9,16,19H,2-3,8H2. The van der Waals surface area contributed by atoms with Crippen LogP contribution in [0, 0.1) is 0 Å². The Balaban J connectivity index is 1.98. The minimum absolute atomic E-state index is 0.550. The number of aryl methyl sites for hydroxylation is 1. The molecule has 0 radical (unpaired) electrons. The Labute approximate surface area is 131 Å². The van der Waals surface area contributed by atoms with Gasteiger partial charge in [0.05, 0.1) is 11.6 Å². The molecule has 104 valence electrons. The van der Waals surface area contributed by atoms with Gasteiger partial charge in [-0.15, -0.1) is 0 Å². The van der Waals surface area contributed by atoms with Gasteiger partial charge in [-0.3, -0.25) is 0 Å². The molecule has 1 N–H and O–H groups in total. The van der Waals surface area contributed by atoms with Crippen molar-refractivity contribution in [2.45, 2.75) is 18.9 Å². The third kappa shape index (κ3) is 2.58. The number of hydrogen-bond donors (Lipinski definition) is 1. The quantitative estimate of drug-likeness (QED) is 0.861. The van der Waals surface area contributed by atoms with Gasteiger partial charge in [0.15, 0.2) is 0 Å². The molecule has 0 aliphatic carbocycles. The van der Waals surface area contributed by atoms with Gasteiger partial charge in [0.25, 0.3) is 0 Å². The smallest absolute Gasteiger partial charge is 0.122 e. The summed E-state index contributed by atoms with van der Waals surface area (Å²) in [5.41, 5.74) is 2.70. The number of benzene rings is 2. The fourth-order valence-electron chi connectivity index (χ4n) is 2.46. The largest absolute Gasteiger partial charge is 0.493 e. The van der Waals surface area contributed by atoms with Crippen molar-refractivity contribution < 1.29 is 9.84 Å². The molecule has 1 heterocycles. The van der Waals surface area contributed by atoms with Crippen LogP contribution in [-0.4, -0.2) is 11.7 Å². The summed E-state index contributed by atoms with van der Waals surface area (Å²) in [5.74, 6) is 0.924. The molecule has 1 unspecified atom stereocenters. The van der Waals surface area contributed by atoms with E-state index in [1.165, 1.54) is 0 Å². The molecule has 4 heteroatoms. The van der Waals surface area contributed by atoms with Gasteiger partial charge in [0.1, 0.15) is 11.9 Å². The van der Waals surface area contributed by atoms with Gasteiger partial charge in [-0.25, -0.2) is 0 Å². The van der Waals surface area contributed by atoms with Crippen LogP contribution in [0.3, 0.4) is 0 Å². The van der Waals surface area contributed by atoms with Crippen LogP contribution in [0.5, 0.6) is 5.75 Å². The molecule has 1 aliphatic rings. The minimum Gasteiger partial charge on any atom is -0.493 e. The summed E-state index contributed by atoms with van der Waals surface area (Å²) < 4.78 is 6.38. The van der Waals surface area contributed by atoms with Crippen LogP contribution in [0.2, 0.25) is 5.02 Å². The highest BCUT2D eigenvalue weighted by Crippen LogP contribution is 2.35. The van der Waals surface area contributed by atoms with Gasteiger partial charge >= 0.3 is 0 Å². The zero-order valence-electron chi connectivity index (χ0n) is 10.8. The summed E-state index contributed by atoms with van der Waals surface area (Å²) in [6.45, 7) is 0.770. The molecular weight excluding hydrogens is 340 g/mol. The molecule has 0 saturated heterocycles. The summed E-state index contributed by atoms with van der Waals surface area (Å²) in [6.07, 6.45) is 1.28. The molecule has 2 aromatic rings. The Morgan fingerprint density at radius 2 is 2.10 bits per heavy atom. The zero-order chi connectivity index (χ0) is 14.1. The lowest BCUT2D eigenvalue weighted by atomic mass is 9.97. The summed E-state index contributed by atoms with van der Waals surface area (Å²) in [4.78, 5) is 0. The van der Waals surface area contributed by atoms with E-state index in [1.807, 2.05) is 36.4 Å². The van der Waals surface area contributed by atoms with Gasteiger partial charge < -0.3 is 9.84 Å². The van der Waals surface area contributed by atoms with E-state index in [0.717, 1.165) is 40.8 Å². The van der Waals surface area contributed by atoms with Crippen molar-refractivity contribution in [1.82, 2.24) is 0 Å². The SMILES string of the molecule is OC(c1ccc2c(c1)CCCO2)c1cccc(Br)c1Cl. The zero-order valence-corrected chi connectivity index (χ0v) is 13.1. The molecule has 0 fully saturated rings. The maximum atomic E-state index is 10.6. The van der Waals surface area contributed by atoms with E-state index in [1.54, 1.807) is 0 Å². The summed E-state index contributed by atoms with van der Waals surface area (Å²) >= 11 is 9.63. The monoisotopic (exact) mass is 352 g/mol.